The normalized spacial score (nSPS) is 12.5. The van der Waals surface area contributed by atoms with E-state index in [1.54, 1.807) is 12.1 Å². The maximum Gasteiger partial charge on any atom is 0.194 e. The van der Waals surface area contributed by atoms with Crippen molar-refractivity contribution in [1.82, 2.24) is 0 Å². The SMILES string of the molecule is O=C1c2ccccc2-c2cccc3c(O)ccc1c23. The molecule has 3 aromatic rings. The quantitative estimate of drug-likeness (QED) is 0.513. The first kappa shape index (κ1) is 10.3. The van der Waals surface area contributed by atoms with Crippen molar-refractivity contribution >= 4 is 16.6 Å². The number of carbonyl (C=O) groups excluding carboxylic acids is 1. The average Bonchev–Trinajstić information content (AvgIpc) is 2.46. The van der Waals surface area contributed by atoms with Crippen LogP contribution in [0.1, 0.15) is 15.9 Å². The summed E-state index contributed by atoms with van der Waals surface area (Å²) in [6.45, 7) is 0. The van der Waals surface area contributed by atoms with Crippen LogP contribution in [-0.4, -0.2) is 10.9 Å². The van der Waals surface area contributed by atoms with Gasteiger partial charge in [-0.25, -0.2) is 0 Å². The van der Waals surface area contributed by atoms with E-state index in [0.717, 1.165) is 27.5 Å². The zero-order chi connectivity index (χ0) is 13.0. The molecule has 0 aliphatic heterocycles. The standard InChI is InChI=1S/C17H10O2/c18-15-9-8-14-16-11(6-3-7-13(15)16)10-4-1-2-5-12(10)17(14)19/h1-9,18H. The lowest BCUT2D eigenvalue weighted by molar-refractivity contribution is 0.104. The van der Waals surface area contributed by atoms with Crippen molar-refractivity contribution in [2.24, 2.45) is 0 Å². The van der Waals surface area contributed by atoms with Gasteiger partial charge in [0.05, 0.1) is 0 Å². The Labute approximate surface area is 109 Å². The largest absolute Gasteiger partial charge is 0.507 e. The van der Waals surface area contributed by atoms with Crippen molar-refractivity contribution in [2.75, 3.05) is 0 Å². The summed E-state index contributed by atoms with van der Waals surface area (Å²) in [5, 5.41) is 11.5. The number of phenols is 1. The number of hydrogen-bond acceptors (Lipinski definition) is 2. The number of benzene rings is 3. The van der Waals surface area contributed by atoms with Crippen molar-refractivity contribution in [3.63, 3.8) is 0 Å². The van der Waals surface area contributed by atoms with Crippen LogP contribution in [-0.2, 0) is 0 Å². The van der Waals surface area contributed by atoms with Gasteiger partial charge >= 0.3 is 0 Å². The van der Waals surface area contributed by atoms with Gasteiger partial charge in [-0.2, -0.15) is 0 Å². The van der Waals surface area contributed by atoms with Gasteiger partial charge in [0.2, 0.25) is 0 Å². The van der Waals surface area contributed by atoms with Gasteiger partial charge in [-0.3, -0.25) is 4.79 Å². The van der Waals surface area contributed by atoms with Gasteiger partial charge in [0, 0.05) is 21.9 Å². The third kappa shape index (κ3) is 1.23. The van der Waals surface area contributed by atoms with E-state index in [-0.39, 0.29) is 11.5 Å². The zero-order valence-electron chi connectivity index (χ0n) is 10.1. The molecule has 0 unspecified atom stereocenters. The molecule has 1 aliphatic carbocycles. The van der Waals surface area contributed by atoms with Gasteiger partial charge in [-0.15, -0.1) is 0 Å². The van der Waals surface area contributed by atoms with Crippen LogP contribution in [0, 0.1) is 0 Å². The second-order valence-corrected chi connectivity index (χ2v) is 4.74. The number of hydrogen-bond donors (Lipinski definition) is 1. The Bertz CT molecular complexity index is 847. The molecule has 3 aromatic carbocycles. The summed E-state index contributed by atoms with van der Waals surface area (Å²) in [5.74, 6) is 0.243. The van der Waals surface area contributed by atoms with Crippen LogP contribution < -0.4 is 0 Å². The summed E-state index contributed by atoms with van der Waals surface area (Å²) in [6, 6.07) is 16.7. The molecule has 1 aliphatic rings. The first-order valence-corrected chi connectivity index (χ1v) is 6.16. The summed E-state index contributed by atoms with van der Waals surface area (Å²) in [7, 11) is 0. The molecule has 0 radical (unpaired) electrons. The van der Waals surface area contributed by atoms with Crippen molar-refractivity contribution in [1.29, 1.82) is 0 Å². The highest BCUT2D eigenvalue weighted by Crippen LogP contribution is 2.41. The highest BCUT2D eigenvalue weighted by atomic mass is 16.3. The maximum absolute atomic E-state index is 12.5. The van der Waals surface area contributed by atoms with Crippen molar-refractivity contribution in [3.05, 3.63) is 65.7 Å². The minimum Gasteiger partial charge on any atom is -0.507 e. The number of aromatic hydroxyl groups is 1. The fourth-order valence-electron chi connectivity index (χ4n) is 2.87. The molecule has 0 aromatic heterocycles. The average molecular weight is 246 g/mol. The molecular formula is C17H10O2. The fourth-order valence-corrected chi connectivity index (χ4v) is 2.87. The van der Waals surface area contributed by atoms with E-state index >= 15 is 0 Å². The number of phenolic OH excluding ortho intramolecular Hbond substituents is 1. The Balaban J connectivity index is 2.28. The second kappa shape index (κ2) is 3.45. The Kier molecular flexibility index (Phi) is 1.88. The van der Waals surface area contributed by atoms with Gasteiger partial charge in [0.1, 0.15) is 5.75 Å². The Hall–Kier alpha value is -2.61. The molecular weight excluding hydrogens is 236 g/mol. The molecule has 1 N–H and O–H groups in total. The van der Waals surface area contributed by atoms with E-state index in [0.29, 0.717) is 5.56 Å². The zero-order valence-corrected chi connectivity index (χ0v) is 10.1. The lowest BCUT2D eigenvalue weighted by atomic mass is 9.83. The molecule has 0 saturated carbocycles. The first-order chi connectivity index (χ1) is 9.27. The molecule has 90 valence electrons. The van der Waals surface area contributed by atoms with Crippen LogP contribution in [0.25, 0.3) is 21.9 Å². The minimum atomic E-state index is 0.0271. The second-order valence-electron chi connectivity index (χ2n) is 4.74. The monoisotopic (exact) mass is 246 g/mol. The summed E-state index contributed by atoms with van der Waals surface area (Å²) in [4.78, 5) is 12.5. The molecule has 2 heteroatoms. The molecule has 0 atom stereocenters. The van der Waals surface area contributed by atoms with E-state index in [4.69, 9.17) is 0 Å². The summed E-state index contributed by atoms with van der Waals surface area (Å²) >= 11 is 0. The molecule has 0 saturated heterocycles. The van der Waals surface area contributed by atoms with E-state index in [1.165, 1.54) is 0 Å². The molecule has 0 amide bonds. The number of rotatable bonds is 0. The van der Waals surface area contributed by atoms with Crippen LogP contribution in [0.15, 0.2) is 54.6 Å². The summed E-state index contributed by atoms with van der Waals surface area (Å²) in [6.07, 6.45) is 0. The van der Waals surface area contributed by atoms with Gasteiger partial charge in [-0.1, -0.05) is 42.5 Å². The van der Waals surface area contributed by atoms with Gasteiger partial charge in [0.15, 0.2) is 5.78 Å². The molecule has 0 spiro atoms. The number of ketones is 1. The molecule has 2 nitrogen and oxygen atoms in total. The molecule has 4 rings (SSSR count). The van der Waals surface area contributed by atoms with Crippen LogP contribution in [0.5, 0.6) is 5.75 Å². The van der Waals surface area contributed by atoms with E-state index in [9.17, 15) is 9.90 Å². The predicted octanol–water partition coefficient (Wildman–Crippen LogP) is 3.76. The number of fused-ring (bicyclic) bond motifs is 2. The molecule has 0 bridgehead atoms. The van der Waals surface area contributed by atoms with Crippen molar-refractivity contribution < 1.29 is 9.90 Å². The maximum atomic E-state index is 12.5. The van der Waals surface area contributed by atoms with Gasteiger partial charge in [-0.05, 0) is 23.3 Å². The Morgan fingerprint density at radius 1 is 0.684 bits per heavy atom. The highest BCUT2D eigenvalue weighted by Gasteiger charge is 2.25. The van der Waals surface area contributed by atoms with Gasteiger partial charge in [0.25, 0.3) is 0 Å². The Morgan fingerprint density at radius 3 is 2.26 bits per heavy atom. The first-order valence-electron chi connectivity index (χ1n) is 6.16. The van der Waals surface area contributed by atoms with Crippen LogP contribution in [0.4, 0.5) is 0 Å². The van der Waals surface area contributed by atoms with Crippen molar-refractivity contribution in [3.8, 4) is 16.9 Å². The van der Waals surface area contributed by atoms with E-state index in [2.05, 4.69) is 0 Å². The topological polar surface area (TPSA) is 37.3 Å². The smallest absolute Gasteiger partial charge is 0.194 e. The number of carbonyl (C=O) groups is 1. The van der Waals surface area contributed by atoms with Crippen LogP contribution in [0.3, 0.4) is 0 Å². The van der Waals surface area contributed by atoms with Crippen LogP contribution >= 0.6 is 0 Å². The highest BCUT2D eigenvalue weighted by molar-refractivity contribution is 6.26. The summed E-state index contributed by atoms with van der Waals surface area (Å²) in [5.41, 5.74) is 3.35. The Morgan fingerprint density at radius 2 is 1.42 bits per heavy atom. The minimum absolute atomic E-state index is 0.0271. The van der Waals surface area contributed by atoms with E-state index < -0.39 is 0 Å². The molecule has 19 heavy (non-hydrogen) atoms. The third-order valence-electron chi connectivity index (χ3n) is 3.72. The lowest BCUT2D eigenvalue weighted by Gasteiger charge is -2.19. The van der Waals surface area contributed by atoms with Gasteiger partial charge < -0.3 is 5.11 Å². The van der Waals surface area contributed by atoms with E-state index in [1.807, 2.05) is 42.5 Å². The molecule has 0 heterocycles. The molecule has 0 fully saturated rings. The third-order valence-corrected chi connectivity index (χ3v) is 3.72. The summed E-state index contributed by atoms with van der Waals surface area (Å²) < 4.78 is 0. The van der Waals surface area contributed by atoms with Crippen LogP contribution in [0.2, 0.25) is 0 Å². The fraction of sp³-hybridized carbons (Fsp3) is 0. The van der Waals surface area contributed by atoms with Crippen molar-refractivity contribution in [2.45, 2.75) is 0 Å². The predicted molar refractivity (Wildman–Crippen MR) is 74.5 cm³/mol. The lowest BCUT2D eigenvalue weighted by Crippen LogP contribution is -2.09.